The van der Waals surface area contributed by atoms with E-state index < -0.39 is 72.9 Å². The Balaban J connectivity index is 5.23. The highest BCUT2D eigenvalue weighted by molar-refractivity contribution is 5.95. The predicted molar refractivity (Wildman–Crippen MR) is 103 cm³/mol. The van der Waals surface area contributed by atoms with Crippen LogP contribution in [0.5, 0.6) is 0 Å². The van der Waals surface area contributed by atoms with Gasteiger partial charge in [0.05, 0.1) is 25.2 Å². The van der Waals surface area contributed by atoms with E-state index in [1.807, 2.05) is 12.2 Å². The lowest BCUT2D eigenvalue weighted by atomic mass is 9.99. The molecule has 0 radical (unpaired) electrons. The molecule has 0 aromatic heterocycles. The molecule has 0 spiro atoms. The number of primary amides is 1. The van der Waals surface area contributed by atoms with Gasteiger partial charge in [0.1, 0.15) is 18.1 Å². The zero-order chi connectivity index (χ0) is 23.6. The lowest BCUT2D eigenvalue weighted by Gasteiger charge is -2.26. The fourth-order valence-electron chi connectivity index (χ4n) is 2.30. The molecule has 0 aliphatic carbocycles. The van der Waals surface area contributed by atoms with E-state index in [0.717, 1.165) is 6.92 Å². The normalized spacial score (nSPS) is 16.9. The molecule has 0 fully saturated rings. The monoisotopic (exact) mass is 433 g/mol. The van der Waals surface area contributed by atoms with Crippen LogP contribution in [0.15, 0.2) is 0 Å². The molecule has 172 valence electrons. The molecule has 0 saturated carbocycles. The third-order valence-corrected chi connectivity index (χ3v) is 4.46. The van der Waals surface area contributed by atoms with Crippen molar-refractivity contribution in [2.24, 2.45) is 17.4 Å². The Hall–Kier alpha value is -2.77. The van der Waals surface area contributed by atoms with Gasteiger partial charge in [-0.05, 0) is 12.8 Å². The number of hydrogen-bond donors (Lipinski definition) is 8. The maximum absolute atomic E-state index is 12.4. The second kappa shape index (κ2) is 12.7. The minimum Gasteiger partial charge on any atom is -0.480 e. The first kappa shape index (κ1) is 27.2. The molecule has 0 saturated heterocycles. The van der Waals surface area contributed by atoms with Crippen LogP contribution in [0.1, 0.15) is 33.6 Å². The van der Waals surface area contributed by atoms with Gasteiger partial charge in [0.15, 0.2) is 0 Å². The third kappa shape index (κ3) is 8.71. The van der Waals surface area contributed by atoms with Crippen LogP contribution in [0.2, 0.25) is 0 Å². The summed E-state index contributed by atoms with van der Waals surface area (Å²) in [6.07, 6.45) is -1.58. The van der Waals surface area contributed by atoms with Gasteiger partial charge in [0, 0.05) is 0 Å². The van der Waals surface area contributed by atoms with Gasteiger partial charge in [-0.3, -0.25) is 19.2 Å². The number of hydrogen-bond acceptors (Lipinski definition) is 8. The summed E-state index contributed by atoms with van der Waals surface area (Å²) < 4.78 is 0. The number of nitrogens with two attached hydrogens (primary N) is 2. The van der Waals surface area contributed by atoms with E-state index in [1.165, 1.54) is 0 Å². The standard InChI is InChI=1S/C17H31N5O8/c1-4-7(2)12(19)15(27)21-10(6-23)14(26)22-13(8(3)24)16(28)20-9(17(29)30)5-11(18)25/h7-10,12-13,23-24H,4-6,19H2,1-3H3,(H2,18,25)(H,20,28)(H,21,27)(H,22,26)(H,29,30). The van der Waals surface area contributed by atoms with Gasteiger partial charge < -0.3 is 42.7 Å². The molecular formula is C17H31N5O8. The van der Waals surface area contributed by atoms with Crippen molar-refractivity contribution in [1.29, 1.82) is 0 Å². The van der Waals surface area contributed by atoms with Gasteiger partial charge in [-0.1, -0.05) is 20.3 Å². The van der Waals surface area contributed by atoms with E-state index in [-0.39, 0.29) is 5.92 Å². The quantitative estimate of drug-likeness (QED) is 0.142. The van der Waals surface area contributed by atoms with Crippen molar-refractivity contribution in [3.63, 3.8) is 0 Å². The second-order valence-electron chi connectivity index (χ2n) is 6.95. The zero-order valence-corrected chi connectivity index (χ0v) is 17.1. The Bertz CT molecular complexity index is 642. The molecular weight excluding hydrogens is 402 g/mol. The van der Waals surface area contributed by atoms with Crippen LogP contribution in [-0.4, -0.2) is 81.8 Å². The third-order valence-electron chi connectivity index (χ3n) is 4.46. The van der Waals surface area contributed by atoms with E-state index in [1.54, 1.807) is 6.92 Å². The van der Waals surface area contributed by atoms with Crippen molar-refractivity contribution >= 4 is 29.6 Å². The number of carboxylic acids is 1. The van der Waals surface area contributed by atoms with Gasteiger partial charge in [-0.2, -0.15) is 0 Å². The predicted octanol–water partition coefficient (Wildman–Crippen LogP) is -3.85. The number of carboxylic acid groups (broad SMARTS) is 1. The van der Waals surface area contributed by atoms with Crippen LogP contribution < -0.4 is 27.4 Å². The molecule has 0 aliphatic rings. The van der Waals surface area contributed by atoms with E-state index in [9.17, 15) is 34.2 Å². The average Bonchev–Trinajstić information content (AvgIpc) is 2.66. The van der Waals surface area contributed by atoms with E-state index in [4.69, 9.17) is 16.6 Å². The molecule has 6 unspecified atom stereocenters. The van der Waals surface area contributed by atoms with Crippen molar-refractivity contribution in [3.8, 4) is 0 Å². The fourth-order valence-corrected chi connectivity index (χ4v) is 2.30. The number of aliphatic hydroxyl groups excluding tert-OH is 2. The lowest BCUT2D eigenvalue weighted by molar-refractivity contribution is -0.144. The molecule has 0 aromatic carbocycles. The molecule has 0 aromatic rings. The zero-order valence-electron chi connectivity index (χ0n) is 17.1. The van der Waals surface area contributed by atoms with Gasteiger partial charge in [0.25, 0.3) is 0 Å². The Kier molecular flexibility index (Phi) is 11.5. The summed E-state index contributed by atoms with van der Waals surface area (Å²) in [6.45, 7) is 3.89. The van der Waals surface area contributed by atoms with Crippen molar-refractivity contribution in [2.45, 2.75) is 63.9 Å². The maximum Gasteiger partial charge on any atom is 0.326 e. The van der Waals surface area contributed by atoms with Crippen LogP contribution in [0.25, 0.3) is 0 Å². The fraction of sp³-hybridized carbons (Fsp3) is 0.706. The van der Waals surface area contributed by atoms with E-state index in [0.29, 0.717) is 6.42 Å². The molecule has 30 heavy (non-hydrogen) atoms. The maximum atomic E-state index is 12.4. The Labute approximate surface area is 173 Å². The molecule has 6 atom stereocenters. The number of rotatable bonds is 13. The van der Waals surface area contributed by atoms with Crippen molar-refractivity contribution < 1.29 is 39.3 Å². The smallest absolute Gasteiger partial charge is 0.326 e. The molecule has 13 heteroatoms. The number of carbonyl (C=O) groups excluding carboxylic acids is 4. The van der Waals surface area contributed by atoms with Gasteiger partial charge in [-0.25, -0.2) is 4.79 Å². The summed E-state index contributed by atoms with van der Waals surface area (Å²) in [6, 6.07) is -5.71. The summed E-state index contributed by atoms with van der Waals surface area (Å²) in [5.41, 5.74) is 10.7. The van der Waals surface area contributed by atoms with E-state index in [2.05, 4.69) is 10.6 Å². The van der Waals surface area contributed by atoms with Crippen LogP contribution in [-0.2, 0) is 24.0 Å². The highest BCUT2D eigenvalue weighted by Gasteiger charge is 2.33. The number of carbonyl (C=O) groups is 5. The van der Waals surface area contributed by atoms with Gasteiger partial charge in [0.2, 0.25) is 23.6 Å². The second-order valence-corrected chi connectivity index (χ2v) is 6.95. The van der Waals surface area contributed by atoms with Crippen molar-refractivity contribution in [1.82, 2.24) is 16.0 Å². The van der Waals surface area contributed by atoms with Crippen LogP contribution in [0.4, 0.5) is 0 Å². The van der Waals surface area contributed by atoms with Gasteiger partial charge in [-0.15, -0.1) is 0 Å². The van der Waals surface area contributed by atoms with Gasteiger partial charge >= 0.3 is 5.97 Å². The van der Waals surface area contributed by atoms with Crippen molar-refractivity contribution in [3.05, 3.63) is 0 Å². The summed E-state index contributed by atoms with van der Waals surface area (Å²) in [5.74, 6) is -5.53. The first-order chi connectivity index (χ1) is 13.8. The molecule has 10 N–H and O–H groups in total. The number of aliphatic hydroxyl groups is 2. The lowest BCUT2D eigenvalue weighted by Crippen LogP contribution is -2.61. The summed E-state index contributed by atoms with van der Waals surface area (Å²) in [4.78, 5) is 58.9. The first-order valence-electron chi connectivity index (χ1n) is 9.32. The number of nitrogens with one attached hydrogen (secondary N) is 3. The molecule has 4 amide bonds. The Morgan fingerprint density at radius 1 is 0.933 bits per heavy atom. The van der Waals surface area contributed by atoms with E-state index >= 15 is 0 Å². The summed E-state index contributed by atoms with van der Waals surface area (Å²) in [7, 11) is 0. The van der Waals surface area contributed by atoms with Crippen LogP contribution >= 0.6 is 0 Å². The Morgan fingerprint density at radius 3 is 1.87 bits per heavy atom. The topological polar surface area (TPSA) is 234 Å². The van der Waals surface area contributed by atoms with Crippen LogP contribution in [0, 0.1) is 5.92 Å². The molecule has 0 aliphatic heterocycles. The molecule has 0 heterocycles. The largest absolute Gasteiger partial charge is 0.480 e. The highest BCUT2D eigenvalue weighted by atomic mass is 16.4. The molecule has 13 nitrogen and oxygen atoms in total. The highest BCUT2D eigenvalue weighted by Crippen LogP contribution is 2.06. The number of aliphatic carboxylic acids is 1. The summed E-state index contributed by atoms with van der Waals surface area (Å²) >= 11 is 0. The first-order valence-corrected chi connectivity index (χ1v) is 9.32. The SMILES string of the molecule is CCC(C)C(N)C(=O)NC(CO)C(=O)NC(C(=O)NC(CC(N)=O)C(=O)O)C(C)O. The van der Waals surface area contributed by atoms with Crippen LogP contribution in [0.3, 0.4) is 0 Å². The molecule has 0 rings (SSSR count). The number of amides is 4. The average molecular weight is 433 g/mol. The summed E-state index contributed by atoms with van der Waals surface area (Å²) in [5, 5.41) is 34.7. The van der Waals surface area contributed by atoms with Crippen molar-refractivity contribution in [2.75, 3.05) is 6.61 Å². The minimum absolute atomic E-state index is 0.193. The minimum atomic E-state index is -1.67. The Morgan fingerprint density at radius 2 is 1.47 bits per heavy atom. The molecule has 0 bridgehead atoms.